The van der Waals surface area contributed by atoms with E-state index >= 15 is 0 Å². The summed E-state index contributed by atoms with van der Waals surface area (Å²) in [4.78, 5) is 0. The Hall–Kier alpha value is -1.03. The first-order valence-electron chi connectivity index (χ1n) is 3.15. The van der Waals surface area contributed by atoms with E-state index in [1.54, 1.807) is 20.0 Å². The van der Waals surface area contributed by atoms with E-state index in [0.717, 1.165) is 11.5 Å². The van der Waals surface area contributed by atoms with Gasteiger partial charge in [0.15, 0.2) is 0 Å². The maximum atomic E-state index is 9.03. The largest absolute Gasteiger partial charge is 0.387 e. The van der Waals surface area contributed by atoms with Gasteiger partial charge >= 0.3 is 0 Å². The lowest BCUT2D eigenvalue weighted by molar-refractivity contribution is 0.194. The molecule has 0 aromatic carbocycles. The van der Waals surface area contributed by atoms with Crippen molar-refractivity contribution >= 4 is 5.82 Å². The monoisotopic (exact) mass is 141 g/mol. The van der Waals surface area contributed by atoms with E-state index in [-0.39, 0.29) is 0 Å². The van der Waals surface area contributed by atoms with Gasteiger partial charge in [-0.2, -0.15) is 5.10 Å². The molecule has 1 rings (SSSR count). The quantitative estimate of drug-likeness (QED) is 0.562. The number of aliphatic hydroxyl groups excluding tert-OH is 1. The summed E-state index contributed by atoms with van der Waals surface area (Å²) < 4.78 is 0. The number of aromatic amines is 1. The predicted octanol–water partition coefficient (Wildman–Crippen LogP) is 0.505. The van der Waals surface area contributed by atoms with Crippen LogP contribution in [-0.2, 0) is 0 Å². The van der Waals surface area contributed by atoms with Gasteiger partial charge in [0, 0.05) is 13.1 Å². The van der Waals surface area contributed by atoms with Gasteiger partial charge in [0.05, 0.1) is 11.8 Å². The lowest BCUT2D eigenvalue weighted by Crippen LogP contribution is -1.89. The molecule has 1 heterocycles. The van der Waals surface area contributed by atoms with Crippen molar-refractivity contribution in [2.45, 2.75) is 13.0 Å². The summed E-state index contributed by atoms with van der Waals surface area (Å²) >= 11 is 0. The maximum Gasteiger partial charge on any atom is 0.147 e. The van der Waals surface area contributed by atoms with Crippen LogP contribution < -0.4 is 5.32 Å². The van der Waals surface area contributed by atoms with Crippen LogP contribution in [0.1, 0.15) is 18.7 Å². The molecule has 1 unspecified atom stereocenters. The molecule has 0 saturated heterocycles. The molecule has 10 heavy (non-hydrogen) atoms. The third kappa shape index (κ3) is 1.27. The fraction of sp³-hybridized carbons (Fsp3) is 0.500. The minimum Gasteiger partial charge on any atom is -0.387 e. The van der Waals surface area contributed by atoms with E-state index < -0.39 is 6.10 Å². The van der Waals surface area contributed by atoms with Crippen molar-refractivity contribution in [1.29, 1.82) is 0 Å². The number of nitrogens with one attached hydrogen (secondary N) is 2. The van der Waals surface area contributed by atoms with Gasteiger partial charge in [-0.25, -0.2) is 0 Å². The average molecular weight is 141 g/mol. The highest BCUT2D eigenvalue weighted by Gasteiger charge is 2.03. The predicted molar refractivity (Wildman–Crippen MR) is 38.8 cm³/mol. The van der Waals surface area contributed by atoms with Crippen LogP contribution in [-0.4, -0.2) is 22.4 Å². The first kappa shape index (κ1) is 7.08. The van der Waals surface area contributed by atoms with Crippen LogP contribution in [0.5, 0.6) is 0 Å². The van der Waals surface area contributed by atoms with Gasteiger partial charge in [-0.3, -0.25) is 5.10 Å². The molecule has 0 fully saturated rings. The van der Waals surface area contributed by atoms with Gasteiger partial charge in [-0.1, -0.05) is 0 Å². The van der Waals surface area contributed by atoms with Gasteiger partial charge in [0.1, 0.15) is 5.82 Å². The standard InChI is InChI=1S/C6H11N3O/c1-4(10)5-3-6(7-2)9-8-5/h3-4,10H,1-2H3,(H2,7,8,9). The molecule has 4 nitrogen and oxygen atoms in total. The van der Waals surface area contributed by atoms with Crippen LogP contribution in [0, 0.1) is 0 Å². The molecule has 0 aliphatic carbocycles. The van der Waals surface area contributed by atoms with Crippen molar-refractivity contribution in [3.05, 3.63) is 11.8 Å². The topological polar surface area (TPSA) is 60.9 Å². The van der Waals surface area contributed by atoms with E-state index in [4.69, 9.17) is 5.11 Å². The smallest absolute Gasteiger partial charge is 0.147 e. The van der Waals surface area contributed by atoms with E-state index in [1.807, 2.05) is 0 Å². The van der Waals surface area contributed by atoms with Crippen LogP contribution in [0.25, 0.3) is 0 Å². The minimum atomic E-state index is -0.477. The molecule has 0 radical (unpaired) electrons. The Morgan fingerprint density at radius 2 is 2.50 bits per heavy atom. The van der Waals surface area contributed by atoms with Gasteiger partial charge in [-0.05, 0) is 6.92 Å². The first-order chi connectivity index (χ1) is 4.74. The summed E-state index contributed by atoms with van der Waals surface area (Å²) in [6.07, 6.45) is -0.477. The molecule has 0 amide bonds. The highest BCUT2D eigenvalue weighted by atomic mass is 16.3. The SMILES string of the molecule is CNc1cc(C(C)O)[nH]n1. The van der Waals surface area contributed by atoms with E-state index in [1.165, 1.54) is 0 Å². The second kappa shape index (κ2) is 2.70. The highest BCUT2D eigenvalue weighted by molar-refractivity contribution is 5.34. The van der Waals surface area contributed by atoms with Crippen molar-refractivity contribution < 1.29 is 5.11 Å². The van der Waals surface area contributed by atoms with Crippen molar-refractivity contribution in [3.63, 3.8) is 0 Å². The second-order valence-electron chi connectivity index (χ2n) is 2.13. The molecule has 0 bridgehead atoms. The molecule has 0 saturated carbocycles. The number of aliphatic hydroxyl groups is 1. The van der Waals surface area contributed by atoms with Crippen molar-refractivity contribution in [2.75, 3.05) is 12.4 Å². The molecule has 56 valence electrons. The number of nitrogens with zero attached hydrogens (tertiary/aromatic N) is 1. The zero-order valence-corrected chi connectivity index (χ0v) is 6.05. The first-order valence-corrected chi connectivity index (χ1v) is 3.15. The normalized spacial score (nSPS) is 13.1. The van der Waals surface area contributed by atoms with Crippen molar-refractivity contribution in [1.82, 2.24) is 10.2 Å². The Balaban J connectivity index is 2.78. The van der Waals surface area contributed by atoms with E-state index in [0.29, 0.717) is 0 Å². The van der Waals surface area contributed by atoms with Crippen LogP contribution in [0.4, 0.5) is 5.82 Å². The van der Waals surface area contributed by atoms with Crippen molar-refractivity contribution in [2.24, 2.45) is 0 Å². The molecule has 1 aromatic heterocycles. The van der Waals surface area contributed by atoms with E-state index in [9.17, 15) is 0 Å². The molecule has 4 heteroatoms. The summed E-state index contributed by atoms with van der Waals surface area (Å²) in [7, 11) is 1.78. The van der Waals surface area contributed by atoms with Crippen molar-refractivity contribution in [3.8, 4) is 0 Å². The number of aromatic nitrogens is 2. The number of hydrogen-bond acceptors (Lipinski definition) is 3. The number of hydrogen-bond donors (Lipinski definition) is 3. The fourth-order valence-corrected chi connectivity index (χ4v) is 0.679. The molecule has 0 aliphatic heterocycles. The van der Waals surface area contributed by atoms with Crippen LogP contribution in [0.3, 0.4) is 0 Å². The lowest BCUT2D eigenvalue weighted by atomic mass is 10.3. The lowest BCUT2D eigenvalue weighted by Gasteiger charge is -1.95. The summed E-state index contributed by atoms with van der Waals surface area (Å²) in [6.45, 7) is 1.69. The average Bonchev–Trinajstić information content (AvgIpc) is 2.34. The maximum absolute atomic E-state index is 9.03. The Bertz CT molecular complexity index is 207. The molecule has 1 aromatic rings. The Kier molecular flexibility index (Phi) is 1.91. The number of H-pyrrole nitrogens is 1. The summed E-state index contributed by atoms with van der Waals surface area (Å²) in [5.74, 6) is 0.746. The van der Waals surface area contributed by atoms with Crippen LogP contribution in [0.15, 0.2) is 6.07 Å². The summed E-state index contributed by atoms with van der Waals surface area (Å²) in [5.41, 5.74) is 0.726. The van der Waals surface area contributed by atoms with Gasteiger partial charge in [0.25, 0.3) is 0 Å². The Morgan fingerprint density at radius 1 is 1.80 bits per heavy atom. The second-order valence-corrected chi connectivity index (χ2v) is 2.13. The fourth-order valence-electron chi connectivity index (χ4n) is 0.679. The van der Waals surface area contributed by atoms with E-state index in [2.05, 4.69) is 15.5 Å². The minimum absolute atomic E-state index is 0.477. The van der Waals surface area contributed by atoms with Crippen LogP contribution in [0.2, 0.25) is 0 Å². The van der Waals surface area contributed by atoms with Crippen LogP contribution >= 0.6 is 0 Å². The molecular formula is C6H11N3O. The molecular weight excluding hydrogens is 130 g/mol. The third-order valence-electron chi connectivity index (χ3n) is 1.30. The van der Waals surface area contributed by atoms with Gasteiger partial charge < -0.3 is 10.4 Å². The third-order valence-corrected chi connectivity index (χ3v) is 1.30. The molecule has 3 N–H and O–H groups in total. The Labute approximate surface area is 59.3 Å². The molecule has 0 aliphatic rings. The summed E-state index contributed by atoms with van der Waals surface area (Å²) in [6, 6.07) is 1.77. The highest BCUT2D eigenvalue weighted by Crippen LogP contribution is 2.11. The van der Waals surface area contributed by atoms with Gasteiger partial charge in [0.2, 0.25) is 0 Å². The Morgan fingerprint density at radius 3 is 2.80 bits per heavy atom. The number of rotatable bonds is 2. The number of anilines is 1. The van der Waals surface area contributed by atoms with Gasteiger partial charge in [-0.15, -0.1) is 0 Å². The summed E-state index contributed by atoms with van der Waals surface area (Å²) in [5, 5.41) is 18.4. The zero-order chi connectivity index (χ0) is 7.56. The molecule has 1 atom stereocenters. The zero-order valence-electron chi connectivity index (χ0n) is 6.05. The molecule has 0 spiro atoms.